The molecule has 2 aromatic rings. The molecule has 0 spiro atoms. The first-order valence-corrected chi connectivity index (χ1v) is 8.07. The van der Waals surface area contributed by atoms with E-state index in [0.717, 1.165) is 23.2 Å². The fourth-order valence-electron chi connectivity index (χ4n) is 2.76. The maximum atomic E-state index is 12.9. The van der Waals surface area contributed by atoms with Gasteiger partial charge in [-0.05, 0) is 36.1 Å². The van der Waals surface area contributed by atoms with Crippen LogP contribution in [0.3, 0.4) is 0 Å². The van der Waals surface area contributed by atoms with Crippen LogP contribution in [0.25, 0.3) is 0 Å². The van der Waals surface area contributed by atoms with Gasteiger partial charge in [0.25, 0.3) is 0 Å². The Bertz CT molecular complexity index is 652. The molecule has 0 bridgehead atoms. The number of amides is 1. The Hall–Kier alpha value is -2.29. The quantitative estimate of drug-likeness (QED) is 0.834. The van der Waals surface area contributed by atoms with Crippen LogP contribution in [0.1, 0.15) is 37.3 Å². The number of carbonyl (C=O) groups excluding carboxylic acids is 1. The normalized spacial score (nSPS) is 13.2. The minimum atomic E-state index is -0.175. The molecular weight excluding hydrogens is 286 g/mol. The minimum Gasteiger partial charge on any atom is -0.495 e. The van der Waals surface area contributed by atoms with Gasteiger partial charge in [-0.25, -0.2) is 0 Å². The molecular formula is C20H25NO2. The molecule has 0 fully saturated rings. The predicted octanol–water partition coefficient (Wildman–Crippen LogP) is 4.77. The van der Waals surface area contributed by atoms with Gasteiger partial charge in [-0.2, -0.15) is 0 Å². The lowest BCUT2D eigenvalue weighted by molar-refractivity contribution is -0.118. The fourth-order valence-corrected chi connectivity index (χ4v) is 2.76. The first-order chi connectivity index (χ1) is 11.1. The highest BCUT2D eigenvalue weighted by molar-refractivity contribution is 5.97. The van der Waals surface area contributed by atoms with Crippen molar-refractivity contribution in [2.24, 2.45) is 5.92 Å². The van der Waals surface area contributed by atoms with E-state index >= 15 is 0 Å². The number of hydrogen-bond donors (Lipinski definition) is 1. The summed E-state index contributed by atoms with van der Waals surface area (Å²) in [5.74, 6) is 0.772. The molecule has 0 aliphatic carbocycles. The number of hydrogen-bond acceptors (Lipinski definition) is 2. The van der Waals surface area contributed by atoms with Gasteiger partial charge in [-0.1, -0.05) is 56.7 Å². The third-order valence-corrected chi connectivity index (χ3v) is 4.27. The average Bonchev–Trinajstić information content (AvgIpc) is 2.56. The molecule has 2 atom stereocenters. The van der Waals surface area contributed by atoms with Gasteiger partial charge in [0.15, 0.2) is 0 Å². The Kier molecular flexibility index (Phi) is 5.80. The predicted molar refractivity (Wildman–Crippen MR) is 95.0 cm³/mol. The molecule has 1 N–H and O–H groups in total. The summed E-state index contributed by atoms with van der Waals surface area (Å²) in [6, 6.07) is 15.8. The number of ether oxygens (including phenoxy) is 1. The Balaban J connectivity index is 2.30. The zero-order valence-electron chi connectivity index (χ0n) is 14.3. The third kappa shape index (κ3) is 4.13. The molecule has 2 aromatic carbocycles. The van der Waals surface area contributed by atoms with Gasteiger partial charge in [-0.3, -0.25) is 4.79 Å². The molecule has 0 aliphatic heterocycles. The summed E-state index contributed by atoms with van der Waals surface area (Å²) in [5, 5.41) is 3.05. The van der Waals surface area contributed by atoms with Gasteiger partial charge in [0, 0.05) is 0 Å². The van der Waals surface area contributed by atoms with Crippen molar-refractivity contribution >= 4 is 11.6 Å². The number of anilines is 1. The van der Waals surface area contributed by atoms with E-state index < -0.39 is 0 Å². The van der Waals surface area contributed by atoms with Crippen LogP contribution >= 0.6 is 0 Å². The van der Waals surface area contributed by atoms with Crippen molar-refractivity contribution in [1.29, 1.82) is 0 Å². The van der Waals surface area contributed by atoms with Crippen LogP contribution < -0.4 is 10.1 Å². The highest BCUT2D eigenvalue weighted by Crippen LogP contribution is 2.31. The molecule has 0 radical (unpaired) electrons. The van der Waals surface area contributed by atoms with Gasteiger partial charge in [0.1, 0.15) is 5.75 Å². The number of aryl methyl sites for hydroxylation is 1. The molecule has 122 valence electrons. The van der Waals surface area contributed by atoms with E-state index in [1.54, 1.807) is 7.11 Å². The van der Waals surface area contributed by atoms with E-state index in [1.165, 1.54) is 0 Å². The number of benzene rings is 2. The monoisotopic (exact) mass is 311 g/mol. The van der Waals surface area contributed by atoms with Crippen LogP contribution in [0.15, 0.2) is 48.5 Å². The van der Waals surface area contributed by atoms with E-state index in [9.17, 15) is 4.79 Å². The molecule has 23 heavy (non-hydrogen) atoms. The van der Waals surface area contributed by atoms with Crippen LogP contribution in [0.4, 0.5) is 5.69 Å². The molecule has 0 heterocycles. The summed E-state index contributed by atoms with van der Waals surface area (Å²) in [4.78, 5) is 12.9. The van der Waals surface area contributed by atoms with E-state index in [2.05, 4.69) is 19.2 Å². The molecule has 3 heteroatoms. The van der Waals surface area contributed by atoms with Gasteiger partial charge < -0.3 is 10.1 Å². The highest BCUT2D eigenvalue weighted by atomic mass is 16.5. The molecule has 0 aromatic heterocycles. The standard InChI is InChI=1S/C20H25NO2/c1-5-15(3)19(16-9-7-6-8-10-16)20(22)21-17-13-14(2)11-12-18(17)23-4/h6-13,15,19H,5H2,1-4H3,(H,21,22)/t15-,19+/m0/s1. The number of rotatable bonds is 6. The molecule has 2 rings (SSSR count). The van der Waals surface area contributed by atoms with Crippen molar-refractivity contribution in [3.63, 3.8) is 0 Å². The summed E-state index contributed by atoms with van der Waals surface area (Å²) in [5.41, 5.74) is 2.86. The van der Waals surface area contributed by atoms with Gasteiger partial charge in [-0.15, -0.1) is 0 Å². The summed E-state index contributed by atoms with van der Waals surface area (Å²) in [6.07, 6.45) is 0.942. The zero-order valence-corrected chi connectivity index (χ0v) is 14.3. The Labute approximate surface area is 138 Å². The smallest absolute Gasteiger partial charge is 0.232 e. The van der Waals surface area contributed by atoms with Crippen LogP contribution in [0.5, 0.6) is 5.75 Å². The van der Waals surface area contributed by atoms with E-state index in [-0.39, 0.29) is 17.7 Å². The topological polar surface area (TPSA) is 38.3 Å². The van der Waals surface area contributed by atoms with Crippen LogP contribution in [-0.2, 0) is 4.79 Å². The average molecular weight is 311 g/mol. The second kappa shape index (κ2) is 7.82. The van der Waals surface area contributed by atoms with E-state index in [0.29, 0.717) is 5.75 Å². The Morgan fingerprint density at radius 3 is 2.48 bits per heavy atom. The maximum absolute atomic E-state index is 12.9. The van der Waals surface area contributed by atoms with Crippen LogP contribution in [-0.4, -0.2) is 13.0 Å². The molecule has 0 saturated heterocycles. The summed E-state index contributed by atoms with van der Waals surface area (Å²) >= 11 is 0. The number of methoxy groups -OCH3 is 1. The van der Waals surface area contributed by atoms with Crippen molar-refractivity contribution in [1.82, 2.24) is 0 Å². The van der Waals surface area contributed by atoms with Crippen molar-refractivity contribution in [2.75, 3.05) is 12.4 Å². The van der Waals surface area contributed by atoms with Crippen molar-refractivity contribution in [2.45, 2.75) is 33.1 Å². The van der Waals surface area contributed by atoms with E-state index in [1.807, 2.05) is 55.5 Å². The third-order valence-electron chi connectivity index (χ3n) is 4.27. The highest BCUT2D eigenvalue weighted by Gasteiger charge is 2.26. The van der Waals surface area contributed by atoms with Crippen LogP contribution in [0, 0.1) is 12.8 Å². The second-order valence-electron chi connectivity index (χ2n) is 5.97. The summed E-state index contributed by atoms with van der Waals surface area (Å²) in [6.45, 7) is 6.23. The second-order valence-corrected chi connectivity index (χ2v) is 5.97. The lowest BCUT2D eigenvalue weighted by Crippen LogP contribution is -2.26. The number of carbonyl (C=O) groups is 1. The fraction of sp³-hybridized carbons (Fsp3) is 0.350. The molecule has 3 nitrogen and oxygen atoms in total. The van der Waals surface area contributed by atoms with Gasteiger partial charge in [0.2, 0.25) is 5.91 Å². The number of nitrogens with one attached hydrogen (secondary N) is 1. The van der Waals surface area contributed by atoms with Gasteiger partial charge >= 0.3 is 0 Å². The lowest BCUT2D eigenvalue weighted by Gasteiger charge is -2.23. The minimum absolute atomic E-state index is 0.00875. The Morgan fingerprint density at radius 1 is 1.17 bits per heavy atom. The van der Waals surface area contributed by atoms with Crippen LogP contribution in [0.2, 0.25) is 0 Å². The summed E-state index contributed by atoms with van der Waals surface area (Å²) < 4.78 is 5.36. The van der Waals surface area contributed by atoms with Crippen molar-refractivity contribution in [3.05, 3.63) is 59.7 Å². The summed E-state index contributed by atoms with van der Waals surface area (Å²) in [7, 11) is 1.61. The lowest BCUT2D eigenvalue weighted by atomic mass is 9.85. The molecule has 0 saturated carbocycles. The first-order valence-electron chi connectivity index (χ1n) is 8.07. The van der Waals surface area contributed by atoms with E-state index in [4.69, 9.17) is 4.74 Å². The maximum Gasteiger partial charge on any atom is 0.232 e. The first kappa shape index (κ1) is 17.1. The Morgan fingerprint density at radius 2 is 1.87 bits per heavy atom. The molecule has 0 aliphatic rings. The zero-order chi connectivity index (χ0) is 16.8. The largest absolute Gasteiger partial charge is 0.495 e. The van der Waals surface area contributed by atoms with Crippen molar-refractivity contribution < 1.29 is 9.53 Å². The molecule has 0 unspecified atom stereocenters. The molecule has 1 amide bonds. The van der Waals surface area contributed by atoms with Gasteiger partial charge in [0.05, 0.1) is 18.7 Å². The van der Waals surface area contributed by atoms with Crippen molar-refractivity contribution in [3.8, 4) is 5.75 Å². The SMILES string of the molecule is CC[C@H](C)[C@@H](C(=O)Nc1cc(C)ccc1OC)c1ccccc1.